The van der Waals surface area contributed by atoms with Gasteiger partial charge in [0.25, 0.3) is 5.91 Å². The van der Waals surface area contributed by atoms with Crippen molar-refractivity contribution < 1.29 is 29.0 Å². The zero-order valence-corrected chi connectivity index (χ0v) is 31.1. The van der Waals surface area contributed by atoms with Crippen molar-refractivity contribution in [1.29, 1.82) is 0 Å². The van der Waals surface area contributed by atoms with E-state index < -0.39 is 35.8 Å². The van der Waals surface area contributed by atoms with Crippen LogP contribution in [-0.4, -0.2) is 57.5 Å². The first-order valence-corrected chi connectivity index (χ1v) is 18.5. The summed E-state index contributed by atoms with van der Waals surface area (Å²) < 4.78 is 5.88. The summed E-state index contributed by atoms with van der Waals surface area (Å²) in [6, 6.07) is 16.3. The molecule has 1 unspecified atom stereocenters. The Hall–Kier alpha value is -5.10. The highest BCUT2D eigenvalue weighted by Crippen LogP contribution is 2.29. The fourth-order valence-corrected chi connectivity index (χ4v) is 6.38. The van der Waals surface area contributed by atoms with Crippen LogP contribution in [0, 0.1) is 0 Å². The predicted octanol–water partition coefficient (Wildman–Crippen LogP) is 6.69. The molecule has 276 valence electrons. The number of carboxylic acids is 1. The monoisotopic (exact) mass is 727 g/mol. The normalized spacial score (nSPS) is 12.5. The number of carbonyl (C=O) groups excluding carboxylic acids is 3. The SMILES string of the molecule is CCCCCCCOc1ccc(-c2cnc(-c3ccc(CC(NC(=O)c4ccc(C(C)(C)C)s4)C(=O)N[C@@H](CCC(N)=O)C(=O)O)cc3)nc2)cc1. The third-order valence-electron chi connectivity index (χ3n) is 8.49. The maximum absolute atomic E-state index is 13.5. The van der Waals surface area contributed by atoms with Crippen molar-refractivity contribution in [3.63, 3.8) is 0 Å². The largest absolute Gasteiger partial charge is 0.494 e. The van der Waals surface area contributed by atoms with Gasteiger partial charge in [0, 0.05) is 41.2 Å². The van der Waals surface area contributed by atoms with Gasteiger partial charge in [0.1, 0.15) is 17.8 Å². The van der Waals surface area contributed by atoms with Gasteiger partial charge in [0.15, 0.2) is 5.82 Å². The Kier molecular flexibility index (Phi) is 14.5. The van der Waals surface area contributed by atoms with Gasteiger partial charge in [-0.2, -0.15) is 0 Å². The van der Waals surface area contributed by atoms with Crippen LogP contribution in [0.25, 0.3) is 22.5 Å². The number of thiophene rings is 1. The lowest BCUT2D eigenvalue weighted by atomic mass is 9.95. The number of amides is 3. The van der Waals surface area contributed by atoms with Crippen molar-refractivity contribution in [3.05, 3.63) is 88.4 Å². The molecule has 12 heteroatoms. The summed E-state index contributed by atoms with van der Waals surface area (Å²) in [5.74, 6) is -1.77. The number of nitrogens with two attached hydrogens (primary N) is 1. The second-order valence-corrected chi connectivity index (χ2v) is 14.9. The first-order chi connectivity index (χ1) is 24.8. The van der Waals surface area contributed by atoms with Gasteiger partial charge in [0.05, 0.1) is 11.5 Å². The number of nitrogens with one attached hydrogen (secondary N) is 2. The molecule has 5 N–H and O–H groups in total. The number of aromatic nitrogens is 2. The Balaban J connectivity index is 1.43. The number of primary amides is 1. The van der Waals surface area contributed by atoms with E-state index in [9.17, 15) is 24.3 Å². The molecule has 0 aliphatic carbocycles. The minimum atomic E-state index is -1.35. The number of ether oxygens (including phenoxy) is 1. The first kappa shape index (κ1) is 39.7. The van der Waals surface area contributed by atoms with E-state index in [0.29, 0.717) is 17.3 Å². The van der Waals surface area contributed by atoms with Gasteiger partial charge in [-0.25, -0.2) is 14.8 Å². The number of aliphatic carboxylic acids is 1. The fourth-order valence-electron chi connectivity index (χ4n) is 5.41. The van der Waals surface area contributed by atoms with Gasteiger partial charge < -0.3 is 26.2 Å². The third kappa shape index (κ3) is 12.0. The van der Waals surface area contributed by atoms with Crippen LogP contribution in [0.3, 0.4) is 0 Å². The van der Waals surface area contributed by atoms with Gasteiger partial charge in [-0.1, -0.05) is 89.8 Å². The fraction of sp³-hybridized carbons (Fsp3) is 0.400. The number of benzene rings is 2. The standard InChI is InChI=1S/C40H49N5O6S/c1-5-6-7-8-9-22-51-30-16-14-27(15-17-30)29-24-42-36(43-25-29)28-12-10-26(11-13-28)23-32(37(47)44-31(39(49)50)18-21-35(41)46)45-38(48)33-19-20-34(52-33)40(2,3)4/h10-17,19-20,24-25,31-32H,5-9,18,21-23H2,1-4H3,(H2,41,46)(H,44,47)(H,45,48)(H,49,50)/t31-,32?/m0/s1. The molecule has 0 aliphatic heterocycles. The number of carbonyl (C=O) groups is 4. The molecule has 2 atom stereocenters. The molecule has 0 aliphatic rings. The molecule has 0 bridgehead atoms. The van der Waals surface area contributed by atoms with Gasteiger partial charge >= 0.3 is 5.97 Å². The maximum atomic E-state index is 13.5. The lowest BCUT2D eigenvalue weighted by Gasteiger charge is -2.21. The van der Waals surface area contributed by atoms with Crippen LogP contribution < -0.4 is 21.1 Å². The zero-order valence-electron chi connectivity index (χ0n) is 30.3. The molecule has 0 fully saturated rings. The lowest BCUT2D eigenvalue weighted by Crippen LogP contribution is -2.52. The second kappa shape index (κ2) is 18.9. The molecule has 11 nitrogen and oxygen atoms in total. The van der Waals surface area contributed by atoms with Crippen molar-refractivity contribution >= 4 is 35.0 Å². The van der Waals surface area contributed by atoms with E-state index in [1.54, 1.807) is 18.5 Å². The Bertz CT molecular complexity index is 1780. The average Bonchev–Trinajstić information content (AvgIpc) is 3.64. The summed E-state index contributed by atoms with van der Waals surface area (Å²) in [6.45, 7) is 9.05. The Labute approximate surface area is 309 Å². The molecule has 2 aromatic carbocycles. The third-order valence-corrected chi connectivity index (χ3v) is 10.0. The lowest BCUT2D eigenvalue weighted by molar-refractivity contribution is -0.142. The highest BCUT2D eigenvalue weighted by molar-refractivity contribution is 7.14. The topological polar surface area (TPSA) is 174 Å². The zero-order chi connectivity index (χ0) is 37.7. The number of hydrogen-bond acceptors (Lipinski definition) is 8. The maximum Gasteiger partial charge on any atom is 0.326 e. The molecule has 0 radical (unpaired) electrons. The van der Waals surface area contributed by atoms with Crippen LogP contribution in [0.4, 0.5) is 0 Å². The first-order valence-electron chi connectivity index (χ1n) is 17.7. The summed E-state index contributed by atoms with van der Waals surface area (Å²) in [4.78, 5) is 60.5. The number of unbranched alkanes of at least 4 members (excludes halogenated alkanes) is 4. The van der Waals surface area contributed by atoms with E-state index in [2.05, 4.69) is 27.5 Å². The summed E-state index contributed by atoms with van der Waals surface area (Å²) in [7, 11) is 0. The van der Waals surface area contributed by atoms with Crippen LogP contribution in [0.1, 0.15) is 92.8 Å². The average molecular weight is 728 g/mol. The highest BCUT2D eigenvalue weighted by Gasteiger charge is 2.28. The van der Waals surface area contributed by atoms with E-state index in [1.165, 1.54) is 37.0 Å². The summed E-state index contributed by atoms with van der Waals surface area (Å²) in [5.41, 5.74) is 8.36. The Morgan fingerprint density at radius 3 is 2.08 bits per heavy atom. The highest BCUT2D eigenvalue weighted by atomic mass is 32.1. The smallest absolute Gasteiger partial charge is 0.326 e. The van der Waals surface area contributed by atoms with Crippen LogP contribution >= 0.6 is 11.3 Å². The van der Waals surface area contributed by atoms with Crippen LogP contribution in [0.2, 0.25) is 0 Å². The number of nitrogens with zero attached hydrogens (tertiary/aromatic N) is 2. The predicted molar refractivity (Wildman–Crippen MR) is 203 cm³/mol. The number of hydrogen-bond donors (Lipinski definition) is 4. The van der Waals surface area contributed by atoms with Crippen molar-refractivity contribution in [3.8, 4) is 28.3 Å². The molecular weight excluding hydrogens is 679 g/mol. The van der Waals surface area contributed by atoms with Crippen molar-refractivity contribution in [1.82, 2.24) is 20.6 Å². The van der Waals surface area contributed by atoms with E-state index in [1.807, 2.05) is 75.4 Å². The van der Waals surface area contributed by atoms with Crippen molar-refractivity contribution in [2.75, 3.05) is 6.61 Å². The molecule has 4 aromatic rings. The molecular formula is C40H49N5O6S. The molecule has 52 heavy (non-hydrogen) atoms. The van der Waals surface area contributed by atoms with E-state index >= 15 is 0 Å². The summed E-state index contributed by atoms with van der Waals surface area (Å²) in [6.07, 6.45) is 9.17. The van der Waals surface area contributed by atoms with Gasteiger partial charge in [-0.15, -0.1) is 11.3 Å². The molecule has 2 heterocycles. The molecule has 4 rings (SSSR count). The Morgan fingerprint density at radius 2 is 1.48 bits per heavy atom. The Morgan fingerprint density at radius 1 is 0.827 bits per heavy atom. The summed E-state index contributed by atoms with van der Waals surface area (Å²) in [5, 5.41) is 14.9. The van der Waals surface area contributed by atoms with Crippen molar-refractivity contribution in [2.45, 2.75) is 96.6 Å². The quantitative estimate of drug-likeness (QED) is 0.0773. The minimum Gasteiger partial charge on any atom is -0.494 e. The van der Waals surface area contributed by atoms with Crippen LogP contribution in [0.5, 0.6) is 5.75 Å². The minimum absolute atomic E-state index is 0.0792. The van der Waals surface area contributed by atoms with Crippen molar-refractivity contribution in [2.24, 2.45) is 5.73 Å². The van der Waals surface area contributed by atoms with E-state index in [0.717, 1.165) is 39.3 Å². The van der Waals surface area contributed by atoms with E-state index in [-0.39, 0.29) is 24.7 Å². The molecule has 0 spiro atoms. The van der Waals surface area contributed by atoms with Crippen LogP contribution in [-0.2, 0) is 26.2 Å². The molecule has 0 saturated carbocycles. The van der Waals surface area contributed by atoms with Gasteiger partial charge in [-0.05, 0) is 53.6 Å². The number of carboxylic acid groups (broad SMARTS) is 1. The molecule has 0 saturated heterocycles. The van der Waals surface area contributed by atoms with Gasteiger partial charge in [0.2, 0.25) is 11.8 Å². The summed E-state index contributed by atoms with van der Waals surface area (Å²) >= 11 is 1.33. The number of rotatable bonds is 19. The van der Waals surface area contributed by atoms with E-state index in [4.69, 9.17) is 10.5 Å². The molecule has 3 amide bonds. The van der Waals surface area contributed by atoms with Crippen LogP contribution in [0.15, 0.2) is 73.1 Å². The molecule has 2 aromatic heterocycles. The second-order valence-electron chi connectivity index (χ2n) is 13.8. The van der Waals surface area contributed by atoms with Gasteiger partial charge in [-0.3, -0.25) is 14.4 Å².